The summed E-state index contributed by atoms with van der Waals surface area (Å²) >= 11 is 0. The van der Waals surface area contributed by atoms with E-state index in [1.807, 2.05) is 18.2 Å². The Morgan fingerprint density at radius 2 is 1.77 bits per heavy atom. The number of hydrogen-bond acceptors (Lipinski definition) is 1. The Labute approximate surface area is 129 Å². The molecule has 0 bridgehead atoms. The van der Waals surface area contributed by atoms with Crippen molar-refractivity contribution in [1.29, 1.82) is 0 Å². The van der Waals surface area contributed by atoms with Gasteiger partial charge in [0.1, 0.15) is 5.82 Å². The Hall–Kier alpha value is -2.16. The molecule has 3 unspecified atom stereocenters. The monoisotopic (exact) mass is 295 g/mol. The van der Waals surface area contributed by atoms with Gasteiger partial charge in [-0.05, 0) is 47.9 Å². The summed E-state index contributed by atoms with van der Waals surface area (Å²) in [5, 5.41) is 3.15. The third kappa shape index (κ3) is 2.31. The van der Waals surface area contributed by atoms with E-state index in [0.717, 1.165) is 19.3 Å². The summed E-state index contributed by atoms with van der Waals surface area (Å²) in [5.74, 6) is -0.175. The molecule has 2 aliphatic carbocycles. The molecule has 1 saturated carbocycles. The molecule has 1 fully saturated rings. The average Bonchev–Trinajstić information content (AvgIpc) is 3.24. The molecule has 2 aliphatic rings. The third-order valence-corrected chi connectivity index (χ3v) is 4.88. The maximum absolute atomic E-state index is 13.8. The van der Waals surface area contributed by atoms with E-state index < -0.39 is 0 Å². The van der Waals surface area contributed by atoms with Crippen molar-refractivity contribution in [2.45, 2.75) is 31.2 Å². The van der Waals surface area contributed by atoms with Crippen molar-refractivity contribution < 1.29 is 9.18 Å². The average molecular weight is 295 g/mol. The molecule has 0 radical (unpaired) electrons. The minimum absolute atomic E-state index is 0.0397. The fourth-order valence-electron chi connectivity index (χ4n) is 3.59. The van der Waals surface area contributed by atoms with E-state index in [1.54, 1.807) is 12.1 Å². The van der Waals surface area contributed by atoms with Gasteiger partial charge in [-0.2, -0.15) is 0 Å². The van der Waals surface area contributed by atoms with E-state index in [1.165, 1.54) is 17.2 Å². The highest BCUT2D eigenvalue weighted by Gasteiger charge is 2.45. The van der Waals surface area contributed by atoms with Gasteiger partial charge in [0.05, 0.1) is 6.04 Å². The lowest BCUT2D eigenvalue weighted by Crippen LogP contribution is -2.28. The van der Waals surface area contributed by atoms with Gasteiger partial charge in [-0.25, -0.2) is 4.39 Å². The maximum atomic E-state index is 13.8. The van der Waals surface area contributed by atoms with Gasteiger partial charge in [0, 0.05) is 5.92 Å². The van der Waals surface area contributed by atoms with E-state index in [9.17, 15) is 9.18 Å². The van der Waals surface area contributed by atoms with Crippen LogP contribution in [0.2, 0.25) is 0 Å². The number of carbonyl (C=O) groups excluding carboxylic acids is 1. The van der Waals surface area contributed by atoms with E-state index in [0.29, 0.717) is 5.56 Å². The van der Waals surface area contributed by atoms with Crippen molar-refractivity contribution in [3.63, 3.8) is 0 Å². The number of halogens is 1. The van der Waals surface area contributed by atoms with Crippen LogP contribution in [0.1, 0.15) is 41.5 Å². The summed E-state index contributed by atoms with van der Waals surface area (Å²) < 4.78 is 13.8. The first-order chi connectivity index (χ1) is 10.7. The Kier molecular flexibility index (Phi) is 3.21. The summed E-state index contributed by atoms with van der Waals surface area (Å²) in [4.78, 5) is 12.4. The molecule has 2 aromatic carbocycles. The topological polar surface area (TPSA) is 29.1 Å². The van der Waals surface area contributed by atoms with Gasteiger partial charge in [-0.1, -0.05) is 42.5 Å². The largest absolute Gasteiger partial charge is 0.349 e. The highest BCUT2D eigenvalue weighted by Crippen LogP contribution is 2.48. The van der Waals surface area contributed by atoms with E-state index in [-0.39, 0.29) is 29.6 Å². The van der Waals surface area contributed by atoms with Crippen LogP contribution in [0.5, 0.6) is 0 Å². The van der Waals surface area contributed by atoms with E-state index in [2.05, 4.69) is 17.4 Å². The number of benzene rings is 2. The van der Waals surface area contributed by atoms with Gasteiger partial charge >= 0.3 is 0 Å². The van der Waals surface area contributed by atoms with Gasteiger partial charge in [0.15, 0.2) is 0 Å². The summed E-state index contributed by atoms with van der Waals surface area (Å²) in [6.45, 7) is 0. The smallest absolute Gasteiger partial charge is 0.224 e. The fourth-order valence-corrected chi connectivity index (χ4v) is 3.59. The Morgan fingerprint density at radius 1 is 1.05 bits per heavy atom. The Bertz CT molecular complexity index is 727. The lowest BCUT2D eigenvalue weighted by Gasteiger charge is -2.14. The first-order valence-electron chi connectivity index (χ1n) is 7.86. The van der Waals surface area contributed by atoms with Crippen LogP contribution < -0.4 is 5.32 Å². The predicted octanol–water partition coefficient (Wildman–Crippen LogP) is 3.73. The van der Waals surface area contributed by atoms with Crippen LogP contribution in [0.15, 0.2) is 48.5 Å². The molecule has 3 heteroatoms. The van der Waals surface area contributed by atoms with Crippen LogP contribution in [0.4, 0.5) is 4.39 Å². The van der Waals surface area contributed by atoms with Gasteiger partial charge in [0.2, 0.25) is 5.91 Å². The van der Waals surface area contributed by atoms with Crippen molar-refractivity contribution in [2.75, 3.05) is 0 Å². The molecule has 0 aliphatic heterocycles. The molecular weight excluding hydrogens is 277 g/mol. The quantitative estimate of drug-likeness (QED) is 0.918. The number of amides is 1. The minimum atomic E-state index is -0.200. The molecule has 0 saturated heterocycles. The SMILES string of the molecule is O=C(NC1CCc2ccccc21)C1CC1c1ccccc1F. The molecule has 2 nitrogen and oxygen atoms in total. The van der Waals surface area contributed by atoms with Crippen LogP contribution in [-0.4, -0.2) is 5.91 Å². The summed E-state index contributed by atoms with van der Waals surface area (Å²) in [5.41, 5.74) is 3.24. The van der Waals surface area contributed by atoms with Crippen LogP contribution in [0.25, 0.3) is 0 Å². The van der Waals surface area contributed by atoms with Crippen molar-refractivity contribution >= 4 is 5.91 Å². The van der Waals surface area contributed by atoms with Crippen LogP contribution in [-0.2, 0) is 11.2 Å². The van der Waals surface area contributed by atoms with Gasteiger partial charge in [-0.15, -0.1) is 0 Å². The molecule has 22 heavy (non-hydrogen) atoms. The molecule has 0 heterocycles. The zero-order valence-corrected chi connectivity index (χ0v) is 12.3. The fraction of sp³-hybridized carbons (Fsp3) is 0.316. The molecule has 1 amide bonds. The maximum Gasteiger partial charge on any atom is 0.224 e. The zero-order chi connectivity index (χ0) is 15.1. The predicted molar refractivity (Wildman–Crippen MR) is 82.9 cm³/mol. The second-order valence-electron chi connectivity index (χ2n) is 6.27. The second-order valence-corrected chi connectivity index (χ2v) is 6.27. The summed E-state index contributed by atoms with van der Waals surface area (Å²) in [7, 11) is 0. The molecule has 3 atom stereocenters. The normalized spacial score (nSPS) is 25.6. The van der Waals surface area contributed by atoms with E-state index >= 15 is 0 Å². The molecule has 0 spiro atoms. The number of carbonyl (C=O) groups is 1. The molecular formula is C19H18FNO. The summed E-state index contributed by atoms with van der Waals surface area (Å²) in [6, 6.07) is 15.2. The molecule has 112 valence electrons. The first kappa shape index (κ1) is 13.5. The number of aryl methyl sites for hydroxylation is 1. The molecule has 1 N–H and O–H groups in total. The highest BCUT2D eigenvalue weighted by molar-refractivity contribution is 5.83. The van der Waals surface area contributed by atoms with E-state index in [4.69, 9.17) is 0 Å². The van der Waals surface area contributed by atoms with Crippen molar-refractivity contribution in [1.82, 2.24) is 5.32 Å². The van der Waals surface area contributed by atoms with Crippen LogP contribution in [0, 0.1) is 11.7 Å². The highest BCUT2D eigenvalue weighted by atomic mass is 19.1. The van der Waals surface area contributed by atoms with Gasteiger partial charge in [0.25, 0.3) is 0 Å². The minimum Gasteiger partial charge on any atom is -0.349 e. The lowest BCUT2D eigenvalue weighted by atomic mass is 10.1. The van der Waals surface area contributed by atoms with Crippen LogP contribution in [0.3, 0.4) is 0 Å². The number of nitrogens with one attached hydrogen (secondary N) is 1. The summed E-state index contributed by atoms with van der Waals surface area (Å²) in [6.07, 6.45) is 2.73. The van der Waals surface area contributed by atoms with Crippen molar-refractivity contribution in [3.05, 3.63) is 71.0 Å². The third-order valence-electron chi connectivity index (χ3n) is 4.88. The standard InChI is InChI=1S/C19H18FNO/c20-17-8-4-3-7-14(17)15-11-16(15)19(22)21-18-10-9-12-5-1-2-6-13(12)18/h1-8,15-16,18H,9-11H2,(H,21,22). The second kappa shape index (κ2) is 5.24. The number of hydrogen-bond donors (Lipinski definition) is 1. The first-order valence-corrected chi connectivity index (χ1v) is 7.86. The molecule has 0 aromatic heterocycles. The lowest BCUT2D eigenvalue weighted by molar-refractivity contribution is -0.123. The van der Waals surface area contributed by atoms with Gasteiger partial charge < -0.3 is 5.32 Å². The zero-order valence-electron chi connectivity index (χ0n) is 12.3. The number of fused-ring (bicyclic) bond motifs is 1. The molecule has 4 rings (SSSR count). The number of rotatable bonds is 3. The Morgan fingerprint density at radius 3 is 2.59 bits per heavy atom. The van der Waals surface area contributed by atoms with Crippen LogP contribution >= 0.6 is 0 Å². The van der Waals surface area contributed by atoms with Crippen molar-refractivity contribution in [3.8, 4) is 0 Å². The van der Waals surface area contributed by atoms with Crippen molar-refractivity contribution in [2.24, 2.45) is 5.92 Å². The molecule has 2 aromatic rings. The van der Waals surface area contributed by atoms with Gasteiger partial charge in [-0.3, -0.25) is 4.79 Å². The Balaban J connectivity index is 1.44.